The van der Waals surface area contributed by atoms with Gasteiger partial charge in [0, 0.05) is 23.5 Å². The van der Waals surface area contributed by atoms with Gasteiger partial charge in [-0.2, -0.15) is 0 Å². The number of amides is 3. The van der Waals surface area contributed by atoms with Gasteiger partial charge in [-0.1, -0.05) is 77.5 Å². The first-order valence-electron chi connectivity index (χ1n) is 12.7. The predicted octanol–water partition coefficient (Wildman–Crippen LogP) is 4.15. The number of halogens is 1. The molecule has 4 rings (SSSR count). The van der Waals surface area contributed by atoms with Crippen LogP contribution in [0.5, 0.6) is 0 Å². The molecule has 0 bridgehead atoms. The van der Waals surface area contributed by atoms with Crippen LogP contribution in [-0.4, -0.2) is 54.0 Å². The van der Waals surface area contributed by atoms with Gasteiger partial charge in [0.15, 0.2) is 0 Å². The summed E-state index contributed by atoms with van der Waals surface area (Å²) in [5.74, 6) is -1.76. The number of nitrogens with one attached hydrogen (secondary N) is 1. The molecule has 3 aromatic rings. The molecule has 0 aliphatic carbocycles. The molecule has 0 fully saturated rings. The third-order valence-electron chi connectivity index (χ3n) is 6.73. The molecule has 1 aliphatic rings. The molecule has 2 atom stereocenters. The lowest BCUT2D eigenvalue weighted by Crippen LogP contribution is -2.54. The molecular weight excluding hydrogens is 582 g/mol. The molecule has 0 spiro atoms. The lowest BCUT2D eigenvalue weighted by atomic mass is 10.0. The molecule has 0 aromatic heterocycles. The second-order valence-electron chi connectivity index (χ2n) is 9.48. The first-order chi connectivity index (χ1) is 18.6. The molecule has 0 saturated carbocycles. The molecule has 0 unspecified atom stereocenters. The minimum atomic E-state index is -4.20. The fourth-order valence-electron chi connectivity index (χ4n) is 4.38. The Bertz CT molecular complexity index is 1460. The summed E-state index contributed by atoms with van der Waals surface area (Å²) < 4.78 is 27.8. The lowest BCUT2D eigenvalue weighted by Gasteiger charge is -2.33. The Balaban J connectivity index is 1.71. The van der Waals surface area contributed by atoms with Crippen molar-refractivity contribution in [1.82, 2.24) is 14.5 Å². The molecule has 3 amide bonds. The lowest BCUT2D eigenvalue weighted by molar-refractivity contribution is -0.141. The maximum Gasteiger partial charge on any atom is 0.269 e. The average Bonchev–Trinajstić information content (AvgIpc) is 3.12. The molecule has 0 saturated heterocycles. The molecule has 10 heteroatoms. The van der Waals surface area contributed by atoms with Crippen LogP contribution in [0.25, 0.3) is 0 Å². The first-order valence-corrected chi connectivity index (χ1v) is 14.9. The number of rotatable bonds is 10. The summed E-state index contributed by atoms with van der Waals surface area (Å²) in [6.07, 6.45) is 0.912. The van der Waals surface area contributed by atoms with Crippen molar-refractivity contribution in [1.29, 1.82) is 0 Å². The highest BCUT2D eigenvalue weighted by molar-refractivity contribution is 9.10. The van der Waals surface area contributed by atoms with E-state index in [1.807, 2.05) is 68.4 Å². The Labute approximate surface area is 237 Å². The largest absolute Gasteiger partial charge is 0.352 e. The van der Waals surface area contributed by atoms with Crippen molar-refractivity contribution >= 4 is 43.7 Å². The second kappa shape index (κ2) is 12.1. The number of carbonyl (C=O) groups excluding carboxylic acids is 3. The summed E-state index contributed by atoms with van der Waals surface area (Å²) in [6, 6.07) is 21.4. The molecule has 1 N–H and O–H groups in total. The number of nitrogens with zero attached hydrogens (tertiary/aromatic N) is 2. The van der Waals surface area contributed by atoms with Gasteiger partial charge in [0.05, 0.1) is 5.56 Å². The summed E-state index contributed by atoms with van der Waals surface area (Å²) in [5.41, 5.74) is 1.62. The van der Waals surface area contributed by atoms with Crippen molar-refractivity contribution in [3.8, 4) is 0 Å². The van der Waals surface area contributed by atoms with Crippen LogP contribution < -0.4 is 5.32 Å². The molecule has 1 heterocycles. The van der Waals surface area contributed by atoms with Crippen LogP contribution in [-0.2, 0) is 32.6 Å². The minimum absolute atomic E-state index is 0.0279. The third kappa shape index (κ3) is 6.39. The van der Waals surface area contributed by atoms with E-state index in [1.165, 1.54) is 23.1 Å². The number of fused-ring (bicyclic) bond motifs is 1. The zero-order valence-electron chi connectivity index (χ0n) is 21.7. The molecular formula is C29H30BrN3O5S. The van der Waals surface area contributed by atoms with E-state index in [4.69, 9.17) is 0 Å². The second-order valence-corrected chi connectivity index (χ2v) is 12.2. The minimum Gasteiger partial charge on any atom is -0.352 e. The zero-order chi connectivity index (χ0) is 28.2. The number of sulfonamides is 1. The van der Waals surface area contributed by atoms with Gasteiger partial charge < -0.3 is 10.2 Å². The van der Waals surface area contributed by atoms with Gasteiger partial charge in [0.25, 0.3) is 15.9 Å². The molecule has 204 valence electrons. The van der Waals surface area contributed by atoms with Crippen LogP contribution in [0.2, 0.25) is 0 Å². The highest BCUT2D eigenvalue weighted by Crippen LogP contribution is 2.30. The van der Waals surface area contributed by atoms with Crippen molar-refractivity contribution in [2.45, 2.75) is 50.2 Å². The topological polar surface area (TPSA) is 104 Å². The summed E-state index contributed by atoms with van der Waals surface area (Å²) in [5, 5.41) is 2.97. The number of hydrogen-bond donors (Lipinski definition) is 1. The van der Waals surface area contributed by atoms with Gasteiger partial charge in [-0.15, -0.1) is 0 Å². The van der Waals surface area contributed by atoms with E-state index in [1.54, 1.807) is 6.07 Å². The van der Waals surface area contributed by atoms with E-state index in [-0.39, 0.29) is 35.4 Å². The first kappa shape index (κ1) is 28.5. The van der Waals surface area contributed by atoms with Crippen LogP contribution in [0.3, 0.4) is 0 Å². The number of hydrogen-bond acceptors (Lipinski definition) is 5. The van der Waals surface area contributed by atoms with E-state index in [0.29, 0.717) is 10.7 Å². The Morgan fingerprint density at radius 3 is 2.23 bits per heavy atom. The van der Waals surface area contributed by atoms with E-state index < -0.39 is 34.4 Å². The van der Waals surface area contributed by atoms with Crippen molar-refractivity contribution in [3.05, 3.63) is 100 Å². The van der Waals surface area contributed by atoms with E-state index in [2.05, 4.69) is 21.2 Å². The number of carbonyl (C=O) groups is 3. The SMILES string of the molecule is CC[C@H](C)NC(=O)[C@@H](Cc1ccccc1)N(Cc1ccc(Br)cc1)C(=O)CN1C(=O)c2ccccc2S1(=O)=O. The number of benzene rings is 3. The van der Waals surface area contributed by atoms with Crippen LogP contribution in [0.15, 0.2) is 88.2 Å². The monoisotopic (exact) mass is 611 g/mol. The van der Waals surface area contributed by atoms with Gasteiger partial charge in [-0.05, 0) is 48.7 Å². The van der Waals surface area contributed by atoms with Crippen molar-refractivity contribution in [2.75, 3.05) is 6.54 Å². The summed E-state index contributed by atoms with van der Waals surface area (Å²) in [6.45, 7) is 3.16. The maximum absolute atomic E-state index is 13.9. The van der Waals surface area contributed by atoms with Gasteiger partial charge >= 0.3 is 0 Å². The smallest absolute Gasteiger partial charge is 0.269 e. The Kier molecular flexibility index (Phi) is 8.87. The fourth-order valence-corrected chi connectivity index (χ4v) is 6.17. The zero-order valence-corrected chi connectivity index (χ0v) is 24.1. The van der Waals surface area contributed by atoms with Crippen molar-refractivity contribution < 1.29 is 22.8 Å². The Morgan fingerprint density at radius 1 is 0.949 bits per heavy atom. The van der Waals surface area contributed by atoms with Crippen molar-refractivity contribution in [2.24, 2.45) is 0 Å². The normalized spacial score (nSPS) is 15.4. The molecule has 8 nitrogen and oxygen atoms in total. The Hall–Kier alpha value is -3.50. The van der Waals surface area contributed by atoms with E-state index in [9.17, 15) is 22.8 Å². The van der Waals surface area contributed by atoms with Gasteiger partial charge in [-0.3, -0.25) is 14.4 Å². The highest BCUT2D eigenvalue weighted by Gasteiger charge is 2.43. The highest BCUT2D eigenvalue weighted by atomic mass is 79.9. The summed E-state index contributed by atoms with van der Waals surface area (Å²) in [4.78, 5) is 41.8. The molecule has 0 radical (unpaired) electrons. The van der Waals surface area contributed by atoms with E-state index >= 15 is 0 Å². The Morgan fingerprint density at radius 2 is 1.59 bits per heavy atom. The molecule has 3 aromatic carbocycles. The molecule has 1 aliphatic heterocycles. The fraction of sp³-hybridized carbons (Fsp3) is 0.276. The quantitative estimate of drug-likeness (QED) is 0.371. The van der Waals surface area contributed by atoms with E-state index in [0.717, 1.165) is 15.6 Å². The van der Waals surface area contributed by atoms with Gasteiger partial charge in [0.1, 0.15) is 17.5 Å². The summed E-state index contributed by atoms with van der Waals surface area (Å²) >= 11 is 3.41. The standard InChI is InChI=1S/C29H30BrN3O5S/c1-3-20(2)31-28(35)25(17-21-9-5-4-6-10-21)32(18-22-13-15-23(30)16-14-22)27(34)19-33-29(36)24-11-7-8-12-26(24)39(33,37)38/h4-16,20,25H,3,17-19H2,1-2H3,(H,31,35)/t20-,25+/m0/s1. The van der Waals surface area contributed by atoms with Crippen LogP contribution in [0.1, 0.15) is 41.8 Å². The molecule has 39 heavy (non-hydrogen) atoms. The van der Waals surface area contributed by atoms with Crippen LogP contribution >= 0.6 is 15.9 Å². The van der Waals surface area contributed by atoms with Gasteiger partial charge in [-0.25, -0.2) is 12.7 Å². The average molecular weight is 613 g/mol. The van der Waals surface area contributed by atoms with Gasteiger partial charge in [0.2, 0.25) is 11.8 Å². The van der Waals surface area contributed by atoms with Crippen LogP contribution in [0, 0.1) is 0 Å². The van der Waals surface area contributed by atoms with Crippen LogP contribution in [0.4, 0.5) is 0 Å². The predicted molar refractivity (Wildman–Crippen MR) is 151 cm³/mol. The summed E-state index contributed by atoms with van der Waals surface area (Å²) in [7, 11) is -4.20. The third-order valence-corrected chi connectivity index (χ3v) is 9.04. The van der Waals surface area contributed by atoms with Crippen molar-refractivity contribution in [3.63, 3.8) is 0 Å². The maximum atomic E-state index is 13.9.